The zero-order valence-corrected chi connectivity index (χ0v) is 11.5. The number of aromatic nitrogens is 1. The van der Waals surface area contributed by atoms with Gasteiger partial charge in [-0.2, -0.15) is 0 Å². The molecule has 1 heterocycles. The van der Waals surface area contributed by atoms with Crippen molar-refractivity contribution in [2.24, 2.45) is 0 Å². The zero-order valence-electron chi connectivity index (χ0n) is 11.5. The van der Waals surface area contributed by atoms with Crippen LogP contribution in [0.2, 0.25) is 0 Å². The normalized spacial score (nSPS) is 9.57. The summed E-state index contributed by atoms with van der Waals surface area (Å²) in [6.07, 6.45) is 2.03. The Morgan fingerprint density at radius 3 is 2.76 bits per heavy atom. The maximum absolute atomic E-state index is 11.9. The summed E-state index contributed by atoms with van der Waals surface area (Å²) in [4.78, 5) is 16.0. The van der Waals surface area contributed by atoms with Gasteiger partial charge in [-0.05, 0) is 23.8 Å². The van der Waals surface area contributed by atoms with Crippen molar-refractivity contribution in [3.63, 3.8) is 0 Å². The first-order chi connectivity index (χ1) is 10.3. The minimum Gasteiger partial charge on any atom is -0.395 e. The quantitative estimate of drug-likeness (QED) is 0.839. The van der Waals surface area contributed by atoms with Crippen LogP contribution in [0.4, 0.5) is 0 Å². The van der Waals surface area contributed by atoms with Crippen LogP contribution in [0.25, 0.3) is 0 Å². The van der Waals surface area contributed by atoms with E-state index in [1.165, 1.54) is 0 Å². The Labute approximate surface area is 123 Å². The van der Waals surface area contributed by atoms with E-state index in [4.69, 9.17) is 5.11 Å². The number of benzene rings is 1. The lowest BCUT2D eigenvalue weighted by Crippen LogP contribution is -2.24. The van der Waals surface area contributed by atoms with Crippen molar-refractivity contribution in [2.75, 3.05) is 6.61 Å². The lowest BCUT2D eigenvalue weighted by atomic mass is 10.1. The number of aliphatic hydroxyl groups is 1. The summed E-state index contributed by atoms with van der Waals surface area (Å²) in [7, 11) is 0. The Kier molecular flexibility index (Phi) is 5.50. The van der Waals surface area contributed by atoms with Crippen LogP contribution in [-0.4, -0.2) is 22.6 Å². The highest BCUT2D eigenvalue weighted by Crippen LogP contribution is 2.07. The summed E-state index contributed by atoms with van der Waals surface area (Å²) >= 11 is 0. The second-order valence-electron chi connectivity index (χ2n) is 4.33. The molecule has 4 heteroatoms. The summed E-state index contributed by atoms with van der Waals surface area (Å²) in [5.74, 6) is 5.67. The Morgan fingerprint density at radius 2 is 2.00 bits per heavy atom. The van der Waals surface area contributed by atoms with Crippen LogP contribution < -0.4 is 5.32 Å². The van der Waals surface area contributed by atoms with Crippen LogP contribution in [0.5, 0.6) is 0 Å². The molecule has 0 unspecified atom stereocenters. The molecule has 1 amide bonds. The summed E-state index contributed by atoms with van der Waals surface area (Å²) in [6.45, 7) is 0.435. The molecule has 0 aliphatic rings. The number of nitrogens with zero attached hydrogens (tertiary/aromatic N) is 1. The molecular formula is C17H16N2O2. The Hall–Kier alpha value is -2.64. The lowest BCUT2D eigenvalue weighted by Gasteiger charge is -2.06. The predicted molar refractivity (Wildman–Crippen MR) is 80.4 cm³/mol. The van der Waals surface area contributed by atoms with Gasteiger partial charge in [-0.3, -0.25) is 9.78 Å². The number of pyridine rings is 1. The highest BCUT2D eigenvalue weighted by atomic mass is 16.2. The van der Waals surface area contributed by atoms with E-state index < -0.39 is 0 Å². The van der Waals surface area contributed by atoms with E-state index in [2.05, 4.69) is 22.1 Å². The summed E-state index contributed by atoms with van der Waals surface area (Å²) in [5.41, 5.74) is 2.18. The molecule has 1 aromatic carbocycles. The van der Waals surface area contributed by atoms with E-state index in [-0.39, 0.29) is 12.5 Å². The molecule has 0 saturated heterocycles. The van der Waals surface area contributed by atoms with Gasteiger partial charge in [0.1, 0.15) is 5.69 Å². The number of nitrogens with one attached hydrogen (secondary N) is 1. The maximum atomic E-state index is 11.9. The van der Waals surface area contributed by atoms with Crippen molar-refractivity contribution in [2.45, 2.75) is 13.0 Å². The summed E-state index contributed by atoms with van der Waals surface area (Å²) in [6, 6.07) is 12.8. The fourth-order valence-corrected chi connectivity index (χ4v) is 1.77. The van der Waals surface area contributed by atoms with Gasteiger partial charge in [0.15, 0.2) is 0 Å². The second-order valence-corrected chi connectivity index (χ2v) is 4.33. The number of hydrogen-bond donors (Lipinski definition) is 2. The van der Waals surface area contributed by atoms with Gasteiger partial charge in [0.2, 0.25) is 0 Å². The highest BCUT2D eigenvalue weighted by molar-refractivity contribution is 5.92. The van der Waals surface area contributed by atoms with E-state index in [0.717, 1.165) is 11.1 Å². The van der Waals surface area contributed by atoms with Gasteiger partial charge in [-0.15, -0.1) is 0 Å². The van der Waals surface area contributed by atoms with Crippen molar-refractivity contribution in [3.8, 4) is 11.8 Å². The number of hydrogen-bond acceptors (Lipinski definition) is 3. The molecule has 0 aliphatic heterocycles. The van der Waals surface area contributed by atoms with Crippen molar-refractivity contribution in [1.82, 2.24) is 10.3 Å². The standard InChI is InChI=1S/C17H16N2O2/c20-12-6-4-8-14-7-1-2-9-15(14)13-19-17(21)16-10-3-5-11-18-16/h1-3,5,7,9-11,20H,6,12-13H2,(H,19,21). The second kappa shape index (κ2) is 7.83. The van der Waals surface area contributed by atoms with Crippen molar-refractivity contribution in [3.05, 3.63) is 65.5 Å². The molecule has 2 aromatic rings. The first kappa shape index (κ1) is 14.8. The minimum atomic E-state index is -0.214. The molecule has 4 nitrogen and oxygen atoms in total. The zero-order chi connectivity index (χ0) is 14.9. The molecule has 0 saturated carbocycles. The first-order valence-electron chi connectivity index (χ1n) is 6.68. The molecule has 106 valence electrons. The van der Waals surface area contributed by atoms with Gasteiger partial charge in [0, 0.05) is 24.7 Å². The molecule has 0 atom stereocenters. The minimum absolute atomic E-state index is 0.0472. The van der Waals surface area contributed by atoms with Crippen LogP contribution >= 0.6 is 0 Å². The third kappa shape index (κ3) is 4.44. The van der Waals surface area contributed by atoms with Crippen LogP contribution in [0.1, 0.15) is 28.0 Å². The molecule has 0 radical (unpaired) electrons. The Morgan fingerprint density at radius 1 is 1.19 bits per heavy atom. The first-order valence-corrected chi connectivity index (χ1v) is 6.68. The highest BCUT2D eigenvalue weighted by Gasteiger charge is 2.06. The monoisotopic (exact) mass is 280 g/mol. The van der Waals surface area contributed by atoms with Crippen LogP contribution in [0.3, 0.4) is 0 Å². The number of carbonyl (C=O) groups is 1. The molecule has 0 fully saturated rings. The number of aliphatic hydroxyl groups excluding tert-OH is 1. The topological polar surface area (TPSA) is 62.2 Å². The smallest absolute Gasteiger partial charge is 0.270 e. The molecule has 0 bridgehead atoms. The van der Waals surface area contributed by atoms with Gasteiger partial charge in [-0.1, -0.05) is 36.1 Å². The molecule has 2 rings (SSSR count). The third-order valence-electron chi connectivity index (χ3n) is 2.81. The number of amides is 1. The van der Waals surface area contributed by atoms with Gasteiger partial charge in [-0.25, -0.2) is 0 Å². The van der Waals surface area contributed by atoms with Crippen molar-refractivity contribution in [1.29, 1.82) is 0 Å². The van der Waals surface area contributed by atoms with E-state index in [1.54, 1.807) is 24.4 Å². The molecule has 21 heavy (non-hydrogen) atoms. The molecule has 2 N–H and O–H groups in total. The third-order valence-corrected chi connectivity index (χ3v) is 2.81. The summed E-state index contributed by atoms with van der Waals surface area (Å²) in [5, 5.41) is 11.6. The molecule has 1 aromatic heterocycles. The average molecular weight is 280 g/mol. The largest absolute Gasteiger partial charge is 0.395 e. The number of rotatable bonds is 4. The maximum Gasteiger partial charge on any atom is 0.270 e. The Balaban J connectivity index is 2.04. The van der Waals surface area contributed by atoms with Gasteiger partial charge in [0.05, 0.1) is 6.61 Å². The summed E-state index contributed by atoms with van der Waals surface area (Å²) < 4.78 is 0. The SMILES string of the molecule is O=C(NCc1ccccc1C#CCCO)c1ccccn1. The average Bonchev–Trinajstić information content (AvgIpc) is 2.54. The molecule has 0 spiro atoms. The predicted octanol–water partition coefficient (Wildman–Crippen LogP) is 1.75. The lowest BCUT2D eigenvalue weighted by molar-refractivity contribution is 0.0946. The molecule has 0 aliphatic carbocycles. The Bertz CT molecular complexity index is 657. The van der Waals surface area contributed by atoms with Gasteiger partial charge < -0.3 is 10.4 Å². The van der Waals surface area contributed by atoms with Crippen molar-refractivity contribution >= 4 is 5.91 Å². The van der Waals surface area contributed by atoms with E-state index in [9.17, 15) is 4.79 Å². The van der Waals surface area contributed by atoms with E-state index in [0.29, 0.717) is 18.7 Å². The van der Waals surface area contributed by atoms with E-state index >= 15 is 0 Å². The van der Waals surface area contributed by atoms with Crippen LogP contribution in [0, 0.1) is 11.8 Å². The fourth-order valence-electron chi connectivity index (χ4n) is 1.77. The molecular weight excluding hydrogens is 264 g/mol. The number of carbonyl (C=O) groups excluding carboxylic acids is 1. The fraction of sp³-hybridized carbons (Fsp3) is 0.176. The van der Waals surface area contributed by atoms with E-state index in [1.807, 2.05) is 24.3 Å². The van der Waals surface area contributed by atoms with Gasteiger partial charge in [0.25, 0.3) is 5.91 Å². The van der Waals surface area contributed by atoms with Crippen molar-refractivity contribution < 1.29 is 9.90 Å². The van der Waals surface area contributed by atoms with Crippen LogP contribution in [-0.2, 0) is 6.54 Å². The van der Waals surface area contributed by atoms with Crippen LogP contribution in [0.15, 0.2) is 48.7 Å². The van der Waals surface area contributed by atoms with Gasteiger partial charge >= 0.3 is 0 Å².